The van der Waals surface area contributed by atoms with Crippen LogP contribution in [0.5, 0.6) is 0 Å². The second-order valence-electron chi connectivity index (χ2n) is 9.06. The number of carbonyl (C=O) groups is 1. The fourth-order valence-electron chi connectivity index (χ4n) is 4.74. The van der Waals surface area contributed by atoms with Crippen molar-refractivity contribution in [2.45, 2.75) is 32.7 Å². The number of fused-ring (bicyclic) bond motifs is 2. The van der Waals surface area contributed by atoms with Crippen molar-refractivity contribution >= 4 is 27.9 Å². The molecule has 3 aromatic carbocycles. The molecule has 6 rings (SSSR count). The summed E-state index contributed by atoms with van der Waals surface area (Å²) in [6.07, 6.45) is 4.59. The lowest BCUT2D eigenvalue weighted by Crippen LogP contribution is -2.08. The van der Waals surface area contributed by atoms with Gasteiger partial charge in [-0.05, 0) is 41.5 Å². The van der Waals surface area contributed by atoms with Crippen molar-refractivity contribution in [3.8, 4) is 22.8 Å². The molecule has 188 valence electrons. The van der Waals surface area contributed by atoms with E-state index in [4.69, 9.17) is 9.97 Å². The fourth-order valence-corrected chi connectivity index (χ4v) is 4.74. The van der Waals surface area contributed by atoms with E-state index >= 15 is 0 Å². The van der Waals surface area contributed by atoms with E-state index in [1.54, 1.807) is 18.3 Å². The minimum absolute atomic E-state index is 0.256. The number of carboxylic acids is 1. The number of hydrogen-bond donors (Lipinski definition) is 2. The molecule has 0 aliphatic heterocycles. The van der Waals surface area contributed by atoms with Crippen LogP contribution in [-0.4, -0.2) is 51.2 Å². The van der Waals surface area contributed by atoms with Gasteiger partial charge in [-0.25, -0.2) is 19.7 Å². The summed E-state index contributed by atoms with van der Waals surface area (Å²) in [5.41, 5.74) is 5.02. The van der Waals surface area contributed by atoms with Gasteiger partial charge < -0.3 is 9.67 Å². The average Bonchev–Trinajstić information content (AvgIpc) is 3.60. The van der Waals surface area contributed by atoms with Gasteiger partial charge in [0.1, 0.15) is 5.82 Å². The lowest BCUT2D eigenvalue weighted by Gasteiger charge is -2.12. The molecular formula is C28H24N8O2. The predicted molar refractivity (Wildman–Crippen MR) is 143 cm³/mol. The lowest BCUT2D eigenvalue weighted by atomic mass is 10.1. The smallest absolute Gasteiger partial charge is 0.337 e. The van der Waals surface area contributed by atoms with Crippen LogP contribution >= 0.6 is 0 Å². The second-order valence-corrected chi connectivity index (χ2v) is 9.06. The molecule has 0 saturated heterocycles. The molecule has 10 heteroatoms. The number of tetrazole rings is 1. The molecule has 0 fully saturated rings. The number of aryl methyl sites for hydroxylation is 1. The number of nitrogens with zero attached hydrogens (tertiary/aromatic N) is 7. The first-order valence-electron chi connectivity index (χ1n) is 12.4. The van der Waals surface area contributed by atoms with Crippen molar-refractivity contribution in [1.82, 2.24) is 40.1 Å². The summed E-state index contributed by atoms with van der Waals surface area (Å²) in [4.78, 5) is 26.2. The van der Waals surface area contributed by atoms with Crippen LogP contribution in [0.25, 0.3) is 44.7 Å². The van der Waals surface area contributed by atoms with Gasteiger partial charge in [-0.1, -0.05) is 49.7 Å². The minimum Gasteiger partial charge on any atom is -0.478 e. The molecule has 3 heterocycles. The Morgan fingerprint density at radius 3 is 2.58 bits per heavy atom. The van der Waals surface area contributed by atoms with Gasteiger partial charge in [-0.3, -0.25) is 0 Å². The number of imidazole rings is 1. The number of unbranched alkanes of at least 4 members (excludes halogenated alkanes) is 1. The Morgan fingerprint density at radius 2 is 1.82 bits per heavy atom. The first-order valence-corrected chi connectivity index (χ1v) is 12.4. The fraction of sp³-hybridized carbons (Fsp3) is 0.179. The van der Waals surface area contributed by atoms with Gasteiger partial charge in [0.2, 0.25) is 5.82 Å². The summed E-state index contributed by atoms with van der Waals surface area (Å²) in [7, 11) is 0. The van der Waals surface area contributed by atoms with Crippen molar-refractivity contribution in [3.05, 3.63) is 83.8 Å². The molecule has 0 atom stereocenters. The quantitative estimate of drug-likeness (QED) is 0.298. The van der Waals surface area contributed by atoms with E-state index in [0.29, 0.717) is 29.2 Å². The molecule has 0 radical (unpaired) electrons. The number of aromatic carboxylic acids is 1. The molecule has 2 N–H and O–H groups in total. The Kier molecular flexibility index (Phi) is 6.04. The van der Waals surface area contributed by atoms with Crippen LogP contribution in [0.4, 0.5) is 0 Å². The summed E-state index contributed by atoms with van der Waals surface area (Å²) in [6, 6.07) is 19.0. The van der Waals surface area contributed by atoms with E-state index in [1.807, 2.05) is 53.1 Å². The van der Waals surface area contributed by atoms with Crippen LogP contribution in [0.2, 0.25) is 0 Å². The highest BCUT2D eigenvalue weighted by atomic mass is 16.4. The summed E-state index contributed by atoms with van der Waals surface area (Å²) in [6.45, 7) is 2.63. The third kappa shape index (κ3) is 4.26. The van der Waals surface area contributed by atoms with Crippen molar-refractivity contribution in [2.75, 3.05) is 0 Å². The summed E-state index contributed by atoms with van der Waals surface area (Å²) >= 11 is 0. The summed E-state index contributed by atoms with van der Waals surface area (Å²) in [5, 5.41) is 25.1. The largest absolute Gasteiger partial charge is 0.478 e. The number of carboxylic acid groups (broad SMARTS) is 1. The molecule has 0 aliphatic rings. The topological polar surface area (TPSA) is 135 Å². The van der Waals surface area contributed by atoms with Gasteiger partial charge >= 0.3 is 5.97 Å². The highest BCUT2D eigenvalue weighted by Gasteiger charge is 2.18. The lowest BCUT2D eigenvalue weighted by molar-refractivity contribution is 0.0698. The number of para-hydroxylation sites is 1. The van der Waals surface area contributed by atoms with Crippen molar-refractivity contribution in [3.63, 3.8) is 0 Å². The Balaban J connectivity index is 1.39. The van der Waals surface area contributed by atoms with E-state index in [1.165, 1.54) is 0 Å². The Morgan fingerprint density at radius 1 is 0.974 bits per heavy atom. The first kappa shape index (κ1) is 23.4. The first-order chi connectivity index (χ1) is 18.6. The minimum atomic E-state index is -0.959. The average molecular weight is 505 g/mol. The molecule has 0 spiro atoms. The van der Waals surface area contributed by atoms with Gasteiger partial charge in [0.05, 0.1) is 22.1 Å². The van der Waals surface area contributed by atoms with Crippen molar-refractivity contribution in [1.29, 1.82) is 0 Å². The van der Waals surface area contributed by atoms with E-state index in [-0.39, 0.29) is 5.56 Å². The molecule has 0 saturated carbocycles. The highest BCUT2D eigenvalue weighted by Crippen LogP contribution is 2.29. The highest BCUT2D eigenvalue weighted by molar-refractivity contribution is 6.01. The number of rotatable bonds is 8. The number of hydrogen-bond acceptors (Lipinski definition) is 7. The number of H-pyrrole nitrogens is 1. The molecule has 3 aromatic heterocycles. The predicted octanol–water partition coefficient (Wildman–Crippen LogP) is 4.92. The number of benzene rings is 3. The molecule has 6 aromatic rings. The van der Waals surface area contributed by atoms with Crippen molar-refractivity contribution in [2.24, 2.45) is 0 Å². The monoisotopic (exact) mass is 504 g/mol. The number of aromatic nitrogens is 8. The van der Waals surface area contributed by atoms with Crippen LogP contribution in [0.3, 0.4) is 0 Å². The number of nitrogens with one attached hydrogen (secondary N) is 1. The molecule has 0 amide bonds. The van der Waals surface area contributed by atoms with Gasteiger partial charge in [-0.2, -0.15) is 5.21 Å². The maximum Gasteiger partial charge on any atom is 0.337 e. The van der Waals surface area contributed by atoms with Crippen LogP contribution in [0.1, 0.15) is 41.5 Å². The molecule has 38 heavy (non-hydrogen) atoms. The van der Waals surface area contributed by atoms with Crippen LogP contribution in [-0.2, 0) is 13.0 Å². The van der Waals surface area contributed by atoms with Crippen LogP contribution < -0.4 is 0 Å². The third-order valence-corrected chi connectivity index (χ3v) is 6.57. The molecule has 0 aliphatic carbocycles. The van der Waals surface area contributed by atoms with Gasteiger partial charge in [-0.15, -0.1) is 10.2 Å². The second kappa shape index (κ2) is 9.81. The number of aromatic amines is 1. The van der Waals surface area contributed by atoms with Crippen LogP contribution in [0, 0.1) is 0 Å². The zero-order valence-electron chi connectivity index (χ0n) is 20.7. The van der Waals surface area contributed by atoms with Crippen molar-refractivity contribution < 1.29 is 9.90 Å². The molecule has 10 nitrogen and oxygen atoms in total. The van der Waals surface area contributed by atoms with E-state index in [2.05, 4.69) is 32.5 Å². The summed E-state index contributed by atoms with van der Waals surface area (Å²) in [5.74, 6) is 0.977. The van der Waals surface area contributed by atoms with E-state index in [0.717, 1.165) is 52.7 Å². The maximum atomic E-state index is 12.0. The molecular weight excluding hydrogens is 480 g/mol. The maximum absolute atomic E-state index is 12.0. The Labute approximate surface area is 217 Å². The van der Waals surface area contributed by atoms with Gasteiger partial charge in [0.15, 0.2) is 5.82 Å². The Hall–Kier alpha value is -4.99. The third-order valence-electron chi connectivity index (χ3n) is 6.57. The normalized spacial score (nSPS) is 11.4. The van der Waals surface area contributed by atoms with Gasteiger partial charge in [0.25, 0.3) is 0 Å². The van der Waals surface area contributed by atoms with E-state index in [9.17, 15) is 9.90 Å². The zero-order valence-corrected chi connectivity index (χ0v) is 20.7. The van der Waals surface area contributed by atoms with E-state index < -0.39 is 5.97 Å². The standard InChI is InChI=1S/C28H24N8O2/c1-2-3-11-24-30-23-10-6-9-21(28(37)38)25(23)36(24)16-17-12-13-22-18(14-17)15-29-26(31-22)19-7-4-5-8-20(19)27-32-34-35-33-27/h4-10,12-15H,2-3,11,16H2,1H3,(H,37,38)(H,32,33,34,35). The molecule has 0 unspecified atom stereocenters. The SMILES string of the molecule is CCCCc1nc2cccc(C(=O)O)c2n1Cc1ccc2nc(-c3ccccc3-c3nn[nH]n3)ncc2c1. The van der Waals surface area contributed by atoms with Crippen LogP contribution in [0.15, 0.2) is 66.9 Å². The van der Waals surface area contributed by atoms with Gasteiger partial charge in [0, 0.05) is 35.7 Å². The summed E-state index contributed by atoms with van der Waals surface area (Å²) < 4.78 is 2.03. The Bertz CT molecular complexity index is 1780. The molecule has 0 bridgehead atoms. The zero-order chi connectivity index (χ0) is 26.1.